The first kappa shape index (κ1) is 16.3. The summed E-state index contributed by atoms with van der Waals surface area (Å²) in [7, 11) is 2.77. The molecule has 0 radical (unpaired) electrons. The van der Waals surface area contributed by atoms with Gasteiger partial charge in [0.15, 0.2) is 17.3 Å². The first-order chi connectivity index (χ1) is 11.4. The van der Waals surface area contributed by atoms with Crippen LogP contribution in [-0.4, -0.2) is 31.4 Å². The number of carbonyl (C=O) groups excluding carboxylic acids is 2. The summed E-state index contributed by atoms with van der Waals surface area (Å²) in [5.41, 5.74) is -1.18. The third-order valence-electron chi connectivity index (χ3n) is 4.43. The number of benzene rings is 1. The van der Waals surface area contributed by atoms with Crippen molar-refractivity contribution in [3.63, 3.8) is 0 Å². The molecule has 0 bridgehead atoms. The Hall–Kier alpha value is -2.52. The van der Waals surface area contributed by atoms with E-state index in [-0.39, 0.29) is 45.6 Å². The summed E-state index contributed by atoms with van der Waals surface area (Å²) in [4.78, 5) is 25.0. The van der Waals surface area contributed by atoms with Crippen LogP contribution in [0, 0.1) is 17.2 Å². The lowest BCUT2D eigenvalue weighted by Gasteiger charge is -2.36. The molecule has 1 aliphatic heterocycles. The van der Waals surface area contributed by atoms with E-state index in [1.807, 2.05) is 6.07 Å². The van der Waals surface area contributed by atoms with E-state index in [0.717, 1.165) is 0 Å². The van der Waals surface area contributed by atoms with Gasteiger partial charge in [-0.1, -0.05) is 18.5 Å². The van der Waals surface area contributed by atoms with Crippen LogP contribution in [-0.2, 0) is 9.53 Å². The first-order valence-electron chi connectivity index (χ1n) is 7.24. The van der Waals surface area contributed by atoms with Gasteiger partial charge in [-0.25, -0.2) is 0 Å². The lowest BCUT2D eigenvalue weighted by molar-refractivity contribution is -0.118. The number of halogens is 1. The van der Waals surface area contributed by atoms with Gasteiger partial charge >= 0.3 is 0 Å². The molecule has 0 aromatic heterocycles. The highest BCUT2D eigenvalue weighted by atomic mass is 35.5. The van der Waals surface area contributed by atoms with E-state index < -0.39 is 17.3 Å². The van der Waals surface area contributed by atoms with Crippen LogP contribution in [0.1, 0.15) is 29.3 Å². The van der Waals surface area contributed by atoms with Gasteiger partial charge in [-0.05, 0) is 0 Å². The Morgan fingerprint density at radius 2 is 2.08 bits per heavy atom. The lowest BCUT2D eigenvalue weighted by atomic mass is 9.75. The molecule has 0 amide bonds. The van der Waals surface area contributed by atoms with E-state index in [0.29, 0.717) is 0 Å². The van der Waals surface area contributed by atoms with Crippen molar-refractivity contribution in [3.05, 3.63) is 34.1 Å². The third-order valence-corrected chi connectivity index (χ3v) is 4.81. The number of ketones is 2. The quantitative estimate of drug-likeness (QED) is 0.817. The van der Waals surface area contributed by atoms with Crippen LogP contribution in [0.15, 0.2) is 17.9 Å². The minimum Gasteiger partial charge on any atom is -0.496 e. The van der Waals surface area contributed by atoms with Crippen molar-refractivity contribution in [1.82, 2.24) is 0 Å². The van der Waals surface area contributed by atoms with Crippen LogP contribution in [0.5, 0.6) is 11.5 Å². The monoisotopic (exact) mass is 347 g/mol. The van der Waals surface area contributed by atoms with Gasteiger partial charge in [0.05, 0.1) is 19.8 Å². The zero-order chi connectivity index (χ0) is 17.6. The van der Waals surface area contributed by atoms with Crippen molar-refractivity contribution in [2.45, 2.75) is 18.9 Å². The fourth-order valence-electron chi connectivity index (χ4n) is 3.25. The molecule has 1 aromatic carbocycles. The Kier molecular flexibility index (Phi) is 3.77. The molecule has 0 unspecified atom stereocenters. The number of nitrogens with zero attached hydrogens (tertiary/aromatic N) is 1. The number of nitriles is 1. The number of carbonyl (C=O) groups is 2. The number of fused-ring (bicyclic) bond motifs is 1. The van der Waals surface area contributed by atoms with E-state index in [4.69, 9.17) is 25.8 Å². The molecule has 2 atom stereocenters. The number of allylic oxidation sites excluding steroid dienone is 1. The Labute approximate surface area is 143 Å². The van der Waals surface area contributed by atoms with Crippen molar-refractivity contribution >= 4 is 23.2 Å². The SMILES string of the molecule is COC1=CC(=O)C[C@@H](C)[C@]12Oc1c(Cl)c(C#N)cc(OC)c1C2=O. The van der Waals surface area contributed by atoms with Crippen LogP contribution < -0.4 is 9.47 Å². The zero-order valence-electron chi connectivity index (χ0n) is 13.3. The molecule has 0 saturated heterocycles. The number of rotatable bonds is 2. The van der Waals surface area contributed by atoms with Gasteiger partial charge < -0.3 is 14.2 Å². The molecule has 1 heterocycles. The largest absolute Gasteiger partial charge is 0.496 e. The van der Waals surface area contributed by atoms with Crippen LogP contribution >= 0.6 is 11.6 Å². The second-order valence-electron chi connectivity index (χ2n) is 5.71. The van der Waals surface area contributed by atoms with E-state index in [9.17, 15) is 14.9 Å². The Morgan fingerprint density at radius 1 is 1.38 bits per heavy atom. The second-order valence-corrected chi connectivity index (χ2v) is 6.09. The molecule has 1 spiro atoms. The van der Waals surface area contributed by atoms with Crippen molar-refractivity contribution in [2.75, 3.05) is 14.2 Å². The van der Waals surface area contributed by atoms with Crippen molar-refractivity contribution < 1.29 is 23.8 Å². The highest BCUT2D eigenvalue weighted by Crippen LogP contribution is 2.52. The zero-order valence-corrected chi connectivity index (χ0v) is 14.1. The van der Waals surface area contributed by atoms with E-state index in [1.54, 1.807) is 6.92 Å². The molecule has 24 heavy (non-hydrogen) atoms. The van der Waals surface area contributed by atoms with Crippen molar-refractivity contribution in [2.24, 2.45) is 5.92 Å². The molecule has 2 aliphatic rings. The van der Waals surface area contributed by atoms with Crippen molar-refractivity contribution in [1.29, 1.82) is 5.26 Å². The number of methoxy groups -OCH3 is 2. The molecule has 0 N–H and O–H groups in total. The molecular weight excluding hydrogens is 334 g/mol. The van der Waals surface area contributed by atoms with Crippen LogP contribution in [0.4, 0.5) is 0 Å². The molecular formula is C17H14ClNO5. The van der Waals surface area contributed by atoms with Gasteiger partial charge in [0.1, 0.15) is 22.4 Å². The maximum Gasteiger partial charge on any atom is 0.231 e. The molecule has 0 saturated carbocycles. The number of hydrogen-bond acceptors (Lipinski definition) is 6. The molecule has 1 aromatic rings. The Morgan fingerprint density at radius 3 is 2.67 bits per heavy atom. The highest BCUT2D eigenvalue weighted by Gasteiger charge is 2.59. The lowest BCUT2D eigenvalue weighted by Crippen LogP contribution is -2.51. The van der Waals surface area contributed by atoms with Gasteiger partial charge in [-0.15, -0.1) is 0 Å². The fourth-order valence-corrected chi connectivity index (χ4v) is 3.48. The maximum atomic E-state index is 13.2. The highest BCUT2D eigenvalue weighted by molar-refractivity contribution is 6.34. The molecule has 124 valence electrons. The maximum absolute atomic E-state index is 13.2. The summed E-state index contributed by atoms with van der Waals surface area (Å²) in [5, 5.41) is 9.25. The van der Waals surface area contributed by atoms with Gasteiger partial charge in [-0.2, -0.15) is 5.26 Å². The van der Waals surface area contributed by atoms with Gasteiger partial charge in [-0.3, -0.25) is 9.59 Å². The first-order valence-corrected chi connectivity index (χ1v) is 7.61. The predicted octanol–water partition coefficient (Wildman–Crippen LogP) is 2.67. The normalized spacial score (nSPS) is 25.0. The smallest absolute Gasteiger partial charge is 0.231 e. The summed E-state index contributed by atoms with van der Waals surface area (Å²) in [6, 6.07) is 3.35. The Balaban J connectivity index is 2.28. The summed E-state index contributed by atoms with van der Waals surface area (Å²) in [6.45, 7) is 1.74. The topological polar surface area (TPSA) is 85.6 Å². The summed E-state index contributed by atoms with van der Waals surface area (Å²) >= 11 is 6.24. The van der Waals surface area contributed by atoms with Gasteiger partial charge in [0, 0.05) is 24.5 Å². The average Bonchev–Trinajstić information content (AvgIpc) is 2.87. The Bertz CT molecular complexity index is 838. The minimum absolute atomic E-state index is 0.0399. The molecule has 1 aliphatic carbocycles. The van der Waals surface area contributed by atoms with E-state index in [1.165, 1.54) is 26.4 Å². The van der Waals surface area contributed by atoms with Crippen LogP contribution in [0.3, 0.4) is 0 Å². The fraction of sp³-hybridized carbons (Fsp3) is 0.353. The van der Waals surface area contributed by atoms with Gasteiger partial charge in [0.2, 0.25) is 11.4 Å². The van der Waals surface area contributed by atoms with Crippen molar-refractivity contribution in [3.8, 4) is 17.6 Å². The number of Topliss-reactive ketones (excluding diaryl/α,β-unsaturated/α-hetero) is 1. The molecule has 7 heteroatoms. The number of ether oxygens (including phenoxy) is 3. The van der Waals surface area contributed by atoms with Crippen LogP contribution in [0.25, 0.3) is 0 Å². The standard InChI is InChI=1S/C17H14ClNO5/c1-8-4-10(20)6-12(23-3)17(8)16(21)13-11(22-2)5-9(7-19)14(18)15(13)24-17/h5-6,8H,4H2,1-3H3/t8-,17+/m1/s1. The molecule has 0 fully saturated rings. The van der Waals surface area contributed by atoms with Gasteiger partial charge in [0.25, 0.3) is 0 Å². The van der Waals surface area contributed by atoms with E-state index in [2.05, 4.69) is 0 Å². The number of hydrogen-bond donors (Lipinski definition) is 0. The second kappa shape index (κ2) is 5.53. The predicted molar refractivity (Wildman–Crippen MR) is 84.3 cm³/mol. The summed E-state index contributed by atoms with van der Waals surface area (Å²) in [5.74, 6) is -0.587. The average molecular weight is 348 g/mol. The third kappa shape index (κ3) is 1.95. The minimum atomic E-state index is -1.48. The van der Waals surface area contributed by atoms with Crippen LogP contribution in [0.2, 0.25) is 5.02 Å². The molecule has 6 nitrogen and oxygen atoms in total. The summed E-state index contributed by atoms with van der Waals surface area (Å²) in [6.07, 6.45) is 1.41. The van der Waals surface area contributed by atoms with E-state index >= 15 is 0 Å². The molecule has 3 rings (SSSR count). The summed E-state index contributed by atoms with van der Waals surface area (Å²) < 4.78 is 16.5.